The van der Waals surface area contributed by atoms with Crippen LogP contribution in [0.15, 0.2) is 72.9 Å². The Morgan fingerprint density at radius 3 is 2.41 bits per heavy atom. The molecule has 2 N–H and O–H groups in total. The van der Waals surface area contributed by atoms with Gasteiger partial charge in [-0.15, -0.1) is 0 Å². The Labute approximate surface area is 240 Å². The van der Waals surface area contributed by atoms with Gasteiger partial charge >= 0.3 is 0 Å². The second-order valence-electron chi connectivity index (χ2n) is 11.0. The van der Waals surface area contributed by atoms with E-state index in [0.717, 1.165) is 74.6 Å². The van der Waals surface area contributed by atoms with E-state index in [2.05, 4.69) is 68.9 Å². The average Bonchev–Trinajstić information content (AvgIpc) is 3.00. The number of nitrogens with one attached hydrogen (secondary N) is 2. The minimum atomic E-state index is -0.544. The maximum Gasteiger partial charge on any atom is 0.223 e. The first-order valence-corrected chi connectivity index (χ1v) is 14.4. The summed E-state index contributed by atoms with van der Waals surface area (Å²) in [7, 11) is 2.18. The zero-order valence-corrected chi connectivity index (χ0v) is 23.4. The Morgan fingerprint density at radius 1 is 0.878 bits per heavy atom. The van der Waals surface area contributed by atoms with Crippen LogP contribution >= 0.6 is 0 Å². The monoisotopic (exact) mass is 554 g/mol. The molecule has 2 aliphatic rings. The number of piperazine rings is 1. The van der Waals surface area contributed by atoms with Crippen LogP contribution in [0.1, 0.15) is 34.6 Å². The topological polar surface area (TPSA) is 56.3 Å². The fraction of sp³-hybridized carbons (Fsp3) is 0.333. The van der Waals surface area contributed by atoms with E-state index in [4.69, 9.17) is 4.98 Å². The number of anilines is 2. The molecule has 1 atom stereocenters. The average molecular weight is 555 g/mol. The van der Waals surface area contributed by atoms with Gasteiger partial charge in [-0.1, -0.05) is 42.5 Å². The van der Waals surface area contributed by atoms with Crippen molar-refractivity contribution in [3.05, 3.63) is 107 Å². The third kappa shape index (κ3) is 6.24. The van der Waals surface area contributed by atoms with Crippen LogP contribution in [0, 0.1) is 11.6 Å². The number of hydrogen-bond donors (Lipinski definition) is 2. The molecule has 0 spiro atoms. The lowest BCUT2D eigenvalue weighted by molar-refractivity contribution is 0.154. The third-order valence-corrected chi connectivity index (χ3v) is 8.25. The molecule has 1 aliphatic heterocycles. The molecule has 8 heteroatoms. The molecule has 0 bridgehead atoms. The highest BCUT2D eigenvalue weighted by atomic mass is 19.1. The second kappa shape index (κ2) is 12.3. The van der Waals surface area contributed by atoms with Crippen molar-refractivity contribution in [1.82, 2.24) is 19.8 Å². The van der Waals surface area contributed by atoms with Gasteiger partial charge in [-0.05, 0) is 67.4 Å². The largest absolute Gasteiger partial charge is 0.381 e. The van der Waals surface area contributed by atoms with Gasteiger partial charge in [0.1, 0.15) is 11.6 Å². The lowest BCUT2D eigenvalue weighted by Gasteiger charge is -2.32. The zero-order valence-electron chi connectivity index (χ0n) is 23.4. The maximum absolute atomic E-state index is 14.0. The second-order valence-corrected chi connectivity index (χ2v) is 11.0. The predicted octanol–water partition coefficient (Wildman–Crippen LogP) is 5.77. The first-order chi connectivity index (χ1) is 20.0. The molecule has 0 saturated carbocycles. The SMILES string of the molecule is CN1CCN(CCCNc2ncc3c(n2)-c2ccccc2C(c2ccc(NCc4c(F)cccc4F)cc2)C3)CC1. The lowest BCUT2D eigenvalue weighted by Crippen LogP contribution is -2.44. The quantitative estimate of drug-likeness (QED) is 0.256. The van der Waals surface area contributed by atoms with Gasteiger partial charge < -0.3 is 20.4 Å². The van der Waals surface area contributed by atoms with Gasteiger partial charge in [0.15, 0.2) is 0 Å². The van der Waals surface area contributed by atoms with Crippen LogP contribution in [0.2, 0.25) is 0 Å². The molecular formula is C33H36F2N6. The molecule has 1 aromatic heterocycles. The van der Waals surface area contributed by atoms with E-state index in [9.17, 15) is 8.78 Å². The molecule has 212 valence electrons. The summed E-state index contributed by atoms with van der Waals surface area (Å²) in [5.74, 6) is -0.240. The number of aromatic nitrogens is 2. The molecule has 1 fully saturated rings. The number of benzene rings is 3. The summed E-state index contributed by atoms with van der Waals surface area (Å²) in [5.41, 5.74) is 6.54. The van der Waals surface area contributed by atoms with E-state index in [1.54, 1.807) is 0 Å². The van der Waals surface area contributed by atoms with Gasteiger partial charge in [0, 0.05) is 68.2 Å². The highest BCUT2D eigenvalue weighted by Crippen LogP contribution is 2.42. The van der Waals surface area contributed by atoms with Crippen molar-refractivity contribution in [2.45, 2.75) is 25.3 Å². The number of likely N-dealkylation sites (N-methyl/N-ethyl adjacent to an activating group) is 1. The van der Waals surface area contributed by atoms with Gasteiger partial charge in [0.25, 0.3) is 0 Å². The van der Waals surface area contributed by atoms with Gasteiger partial charge in [-0.25, -0.2) is 18.7 Å². The standard InChI is InChI=1S/C33H36F2N6/c1-40-16-18-41(19-17-40)15-5-14-36-33-38-21-24-20-28(26-6-2-3-7-27(26)32(24)39-33)23-10-12-25(13-11-23)37-22-29-30(34)8-4-9-31(29)35/h2-4,6-13,21,28,37H,5,14-20,22H2,1H3,(H,36,38,39). The zero-order chi connectivity index (χ0) is 28.2. The van der Waals surface area contributed by atoms with Gasteiger partial charge in [-0.2, -0.15) is 0 Å². The number of hydrogen-bond acceptors (Lipinski definition) is 6. The Kier molecular flexibility index (Phi) is 8.21. The number of rotatable bonds is 9. The molecule has 6 nitrogen and oxygen atoms in total. The van der Waals surface area contributed by atoms with E-state index in [1.165, 1.54) is 29.3 Å². The van der Waals surface area contributed by atoms with Crippen LogP contribution in [0.4, 0.5) is 20.4 Å². The smallest absolute Gasteiger partial charge is 0.223 e. The first kappa shape index (κ1) is 27.3. The van der Waals surface area contributed by atoms with Crippen molar-refractivity contribution in [2.75, 3.05) is 56.9 Å². The molecule has 0 amide bonds. The van der Waals surface area contributed by atoms with Crippen LogP contribution in [0.3, 0.4) is 0 Å². The number of halogens is 2. The lowest BCUT2D eigenvalue weighted by atomic mass is 9.78. The van der Waals surface area contributed by atoms with E-state index < -0.39 is 11.6 Å². The number of fused-ring (bicyclic) bond motifs is 3. The van der Waals surface area contributed by atoms with Crippen molar-refractivity contribution >= 4 is 11.6 Å². The van der Waals surface area contributed by atoms with Crippen molar-refractivity contribution in [3.8, 4) is 11.3 Å². The normalized spacial score (nSPS) is 17.1. The van der Waals surface area contributed by atoms with Gasteiger partial charge in [0.05, 0.1) is 5.69 Å². The van der Waals surface area contributed by atoms with Crippen LogP contribution in [0.25, 0.3) is 11.3 Å². The van der Waals surface area contributed by atoms with Crippen molar-refractivity contribution in [1.29, 1.82) is 0 Å². The summed E-state index contributed by atoms with van der Waals surface area (Å²) >= 11 is 0. The van der Waals surface area contributed by atoms with E-state index >= 15 is 0 Å². The fourth-order valence-corrected chi connectivity index (χ4v) is 5.82. The van der Waals surface area contributed by atoms with E-state index in [-0.39, 0.29) is 18.0 Å². The third-order valence-electron chi connectivity index (χ3n) is 8.25. The van der Waals surface area contributed by atoms with Crippen LogP contribution in [-0.2, 0) is 13.0 Å². The molecule has 6 rings (SSSR count). The molecule has 3 aromatic carbocycles. The molecule has 1 unspecified atom stereocenters. The summed E-state index contributed by atoms with van der Waals surface area (Å²) in [4.78, 5) is 14.5. The maximum atomic E-state index is 14.0. The van der Waals surface area contributed by atoms with E-state index in [1.807, 2.05) is 18.3 Å². The fourth-order valence-electron chi connectivity index (χ4n) is 5.82. The summed E-state index contributed by atoms with van der Waals surface area (Å²) in [6, 6.07) is 20.5. The van der Waals surface area contributed by atoms with Gasteiger partial charge in [-0.3, -0.25) is 0 Å². The molecule has 4 aromatic rings. The van der Waals surface area contributed by atoms with Crippen LogP contribution < -0.4 is 10.6 Å². The van der Waals surface area contributed by atoms with Crippen molar-refractivity contribution in [3.63, 3.8) is 0 Å². The molecule has 1 aliphatic carbocycles. The molecule has 1 saturated heterocycles. The Hall–Kier alpha value is -3.88. The van der Waals surface area contributed by atoms with Crippen molar-refractivity contribution < 1.29 is 8.78 Å². The molecule has 0 radical (unpaired) electrons. The van der Waals surface area contributed by atoms with Crippen LogP contribution in [-0.4, -0.2) is 66.1 Å². The van der Waals surface area contributed by atoms with E-state index in [0.29, 0.717) is 5.95 Å². The first-order valence-electron chi connectivity index (χ1n) is 14.4. The Bertz CT molecular complexity index is 1460. The Balaban J connectivity index is 1.12. The minimum Gasteiger partial charge on any atom is -0.381 e. The van der Waals surface area contributed by atoms with Crippen LogP contribution in [0.5, 0.6) is 0 Å². The predicted molar refractivity (Wildman–Crippen MR) is 160 cm³/mol. The highest BCUT2D eigenvalue weighted by molar-refractivity contribution is 5.72. The summed E-state index contributed by atoms with van der Waals surface area (Å²) in [5, 5.41) is 6.58. The summed E-state index contributed by atoms with van der Waals surface area (Å²) in [6.45, 7) is 6.57. The molecule has 2 heterocycles. The summed E-state index contributed by atoms with van der Waals surface area (Å²) < 4.78 is 28.0. The Morgan fingerprint density at radius 2 is 1.63 bits per heavy atom. The molecule has 41 heavy (non-hydrogen) atoms. The highest BCUT2D eigenvalue weighted by Gasteiger charge is 2.27. The minimum absolute atomic E-state index is 0.0401. The summed E-state index contributed by atoms with van der Waals surface area (Å²) in [6.07, 6.45) is 3.83. The van der Waals surface area contributed by atoms with Crippen molar-refractivity contribution in [2.24, 2.45) is 0 Å². The molecular weight excluding hydrogens is 518 g/mol. The number of nitrogens with zero attached hydrogens (tertiary/aromatic N) is 4. The van der Waals surface area contributed by atoms with Gasteiger partial charge in [0.2, 0.25) is 5.95 Å².